The SMILES string of the molecule is CC.CC.CNC(C(=O)N1CCCC1C(=O)NC(C(=O)C(F)(F)F)C(C)C)C(C)C.Cc1ccc(SNC(=O)c2ccc(C=O)cc2)cc1. The summed E-state index contributed by atoms with van der Waals surface area (Å²) in [5, 5.41) is 5.12. The average molecular weight is 711 g/mol. The van der Waals surface area contributed by atoms with E-state index in [0.29, 0.717) is 30.5 Å². The number of aryl methyl sites for hydroxylation is 1. The minimum atomic E-state index is -5.03. The summed E-state index contributed by atoms with van der Waals surface area (Å²) in [4.78, 5) is 61.6. The normalized spacial score (nSPS) is 14.9. The van der Waals surface area contributed by atoms with Gasteiger partial charge in [0.15, 0.2) is 0 Å². The zero-order chi connectivity index (χ0) is 37.9. The van der Waals surface area contributed by atoms with Crippen molar-refractivity contribution in [3.8, 4) is 0 Å². The Kier molecular flexibility index (Phi) is 21.1. The van der Waals surface area contributed by atoms with Gasteiger partial charge in [-0.25, -0.2) is 0 Å². The Balaban J connectivity index is 0.000000883. The lowest BCUT2D eigenvalue weighted by Gasteiger charge is -2.31. The highest BCUT2D eigenvalue weighted by Crippen LogP contribution is 2.24. The molecule has 0 radical (unpaired) electrons. The van der Waals surface area contributed by atoms with Crippen LogP contribution >= 0.6 is 11.9 Å². The van der Waals surface area contributed by atoms with Gasteiger partial charge < -0.3 is 15.5 Å². The second-order valence-corrected chi connectivity index (χ2v) is 12.3. The summed E-state index contributed by atoms with van der Waals surface area (Å²) in [6.07, 6.45) is -3.33. The van der Waals surface area contributed by atoms with Gasteiger partial charge in [0, 0.05) is 22.6 Å². The van der Waals surface area contributed by atoms with Crippen LogP contribution in [0.4, 0.5) is 13.2 Å². The maximum atomic E-state index is 12.8. The zero-order valence-electron chi connectivity index (χ0n) is 30.2. The molecule has 0 bridgehead atoms. The van der Waals surface area contributed by atoms with E-state index in [1.54, 1.807) is 31.3 Å². The van der Waals surface area contributed by atoms with Crippen LogP contribution in [-0.4, -0.2) is 72.6 Å². The van der Waals surface area contributed by atoms with E-state index in [1.165, 1.54) is 36.3 Å². The lowest BCUT2D eigenvalue weighted by molar-refractivity contribution is -0.175. The maximum absolute atomic E-state index is 12.8. The number of hydrogen-bond acceptors (Lipinski definition) is 7. The number of alkyl halides is 3. The summed E-state index contributed by atoms with van der Waals surface area (Å²) in [6.45, 7) is 17.0. The summed E-state index contributed by atoms with van der Waals surface area (Å²) in [5.74, 6) is -3.87. The minimum Gasteiger partial charge on any atom is -0.344 e. The number of benzene rings is 2. The zero-order valence-corrected chi connectivity index (χ0v) is 31.1. The van der Waals surface area contributed by atoms with Crippen LogP contribution in [0.3, 0.4) is 0 Å². The number of rotatable bonds is 11. The minimum absolute atomic E-state index is 0.00738. The Bertz CT molecular complexity index is 1320. The van der Waals surface area contributed by atoms with Crippen molar-refractivity contribution in [2.75, 3.05) is 13.6 Å². The lowest BCUT2D eigenvalue weighted by atomic mass is 9.98. The summed E-state index contributed by atoms with van der Waals surface area (Å²) in [5.41, 5.74) is 2.27. The highest BCUT2D eigenvalue weighted by molar-refractivity contribution is 7.98. The lowest BCUT2D eigenvalue weighted by Crippen LogP contribution is -2.57. The Hall–Kier alpha value is -3.71. The van der Waals surface area contributed by atoms with Crippen LogP contribution in [0.15, 0.2) is 53.4 Å². The maximum Gasteiger partial charge on any atom is 0.452 e. The van der Waals surface area contributed by atoms with Crippen LogP contribution < -0.4 is 15.4 Å². The number of ketones is 1. The molecule has 2 aromatic rings. The van der Waals surface area contributed by atoms with Gasteiger partial charge in [-0.2, -0.15) is 13.2 Å². The van der Waals surface area contributed by atoms with Gasteiger partial charge in [0.2, 0.25) is 11.8 Å². The van der Waals surface area contributed by atoms with Crippen molar-refractivity contribution in [3.63, 3.8) is 0 Å². The first kappa shape index (κ1) is 45.3. The van der Waals surface area contributed by atoms with Crippen molar-refractivity contribution < 1.29 is 37.1 Å². The predicted octanol–water partition coefficient (Wildman–Crippen LogP) is 6.79. The fourth-order valence-corrected chi connectivity index (χ4v) is 5.27. The number of likely N-dealkylation sites (N-methyl/N-ethyl adjacent to an activating group) is 1. The van der Waals surface area contributed by atoms with E-state index >= 15 is 0 Å². The van der Waals surface area contributed by atoms with Crippen LogP contribution in [0.1, 0.15) is 94.5 Å². The van der Waals surface area contributed by atoms with Crippen molar-refractivity contribution in [2.24, 2.45) is 11.8 Å². The number of hydrogen-bond donors (Lipinski definition) is 3. The van der Waals surface area contributed by atoms with Gasteiger partial charge >= 0.3 is 6.18 Å². The van der Waals surface area contributed by atoms with Gasteiger partial charge in [0.25, 0.3) is 11.7 Å². The number of Topliss-reactive ketones (excluding diaryl/α,β-unsaturated/α-hetero) is 1. The number of carbonyl (C=O) groups excluding carboxylic acids is 5. The Labute approximate surface area is 293 Å². The molecule has 3 atom stereocenters. The third kappa shape index (κ3) is 14.7. The van der Waals surface area contributed by atoms with Crippen LogP contribution in [-0.2, 0) is 14.4 Å². The molecule has 0 spiro atoms. The van der Waals surface area contributed by atoms with E-state index < -0.39 is 41.9 Å². The summed E-state index contributed by atoms with van der Waals surface area (Å²) >= 11 is 1.27. The van der Waals surface area contributed by atoms with Crippen molar-refractivity contribution in [1.29, 1.82) is 0 Å². The number of nitrogens with zero attached hydrogens (tertiary/aromatic N) is 1. The molecule has 0 aliphatic carbocycles. The molecule has 1 aliphatic rings. The van der Waals surface area contributed by atoms with Crippen molar-refractivity contribution in [1.82, 2.24) is 20.3 Å². The van der Waals surface area contributed by atoms with Crippen LogP contribution in [0.2, 0.25) is 0 Å². The molecule has 3 rings (SSSR count). The quantitative estimate of drug-likeness (QED) is 0.173. The van der Waals surface area contributed by atoms with Crippen LogP contribution in [0, 0.1) is 18.8 Å². The van der Waals surface area contributed by atoms with Gasteiger partial charge in [0.1, 0.15) is 12.3 Å². The number of halogens is 3. The molecule has 13 heteroatoms. The fraction of sp³-hybridized carbons (Fsp3) is 0.528. The molecule has 1 saturated heterocycles. The average Bonchev–Trinajstić information content (AvgIpc) is 3.58. The number of nitrogens with one attached hydrogen (secondary N) is 3. The number of aldehydes is 1. The summed E-state index contributed by atoms with van der Waals surface area (Å²) in [7, 11) is 1.64. The largest absolute Gasteiger partial charge is 0.452 e. The molecule has 0 aromatic heterocycles. The van der Waals surface area contributed by atoms with E-state index in [1.807, 2.05) is 72.7 Å². The smallest absolute Gasteiger partial charge is 0.344 e. The van der Waals surface area contributed by atoms with Crippen molar-refractivity contribution in [3.05, 3.63) is 65.2 Å². The van der Waals surface area contributed by atoms with Crippen molar-refractivity contribution >= 4 is 41.7 Å². The van der Waals surface area contributed by atoms with Crippen LogP contribution in [0.5, 0.6) is 0 Å². The van der Waals surface area contributed by atoms with E-state index in [0.717, 1.165) is 11.2 Å². The highest BCUT2D eigenvalue weighted by atomic mass is 32.2. The highest BCUT2D eigenvalue weighted by Gasteiger charge is 2.46. The van der Waals surface area contributed by atoms with E-state index in [4.69, 9.17) is 0 Å². The first-order valence-electron chi connectivity index (χ1n) is 16.6. The molecule has 9 nitrogen and oxygen atoms in total. The first-order valence-corrected chi connectivity index (χ1v) is 17.4. The summed E-state index contributed by atoms with van der Waals surface area (Å²) < 4.78 is 41.0. The monoisotopic (exact) mass is 710 g/mol. The molecule has 49 heavy (non-hydrogen) atoms. The van der Waals surface area contributed by atoms with Gasteiger partial charge in [-0.3, -0.25) is 28.7 Å². The second-order valence-electron chi connectivity index (χ2n) is 11.4. The Morgan fingerprint density at radius 1 is 0.878 bits per heavy atom. The molecule has 2 aromatic carbocycles. The predicted molar refractivity (Wildman–Crippen MR) is 189 cm³/mol. The number of likely N-dealkylation sites (tertiary alicyclic amines) is 1. The summed E-state index contributed by atoms with van der Waals surface area (Å²) in [6, 6.07) is 11.4. The van der Waals surface area contributed by atoms with E-state index in [-0.39, 0.29) is 17.7 Å². The third-order valence-corrected chi connectivity index (χ3v) is 8.00. The first-order chi connectivity index (χ1) is 23.1. The number of carbonyl (C=O) groups is 5. The molecule has 3 unspecified atom stereocenters. The second kappa shape index (κ2) is 22.8. The standard InChI is InChI=1S/C17H28F3N3O3.C15H13NO2S.2C2H6/c1-9(2)12(14(24)17(18,19)20)22-15(25)11-7-6-8-23(11)16(26)13(21-5)10(3)4;1-11-2-8-14(9-3-11)19-16-15(18)13-6-4-12(10-17)5-7-13;2*1-2/h9-13,21H,6-8H2,1-5H3,(H,22,25);2-10H,1H3,(H,16,18);2*1-2H3. The molecule has 274 valence electrons. The van der Waals surface area contributed by atoms with Gasteiger partial charge in [-0.05, 0) is 74.9 Å². The third-order valence-electron chi connectivity index (χ3n) is 7.20. The topological polar surface area (TPSA) is 125 Å². The molecule has 3 amide bonds. The van der Waals surface area contributed by atoms with Gasteiger partial charge in [-0.1, -0.05) is 85.2 Å². The van der Waals surface area contributed by atoms with Gasteiger partial charge in [0.05, 0.1) is 12.1 Å². The molecular formula is C36H53F3N4O5S. The van der Waals surface area contributed by atoms with Crippen LogP contribution in [0.25, 0.3) is 0 Å². The molecular weight excluding hydrogens is 657 g/mol. The van der Waals surface area contributed by atoms with E-state index in [9.17, 15) is 37.1 Å². The number of amides is 3. The Morgan fingerprint density at radius 3 is 1.86 bits per heavy atom. The van der Waals surface area contributed by atoms with Gasteiger partial charge in [-0.15, -0.1) is 0 Å². The molecule has 1 heterocycles. The van der Waals surface area contributed by atoms with E-state index in [2.05, 4.69) is 15.4 Å². The fourth-order valence-electron chi connectivity index (χ4n) is 4.67. The molecule has 1 fully saturated rings. The molecule has 0 saturated carbocycles. The van der Waals surface area contributed by atoms with Crippen molar-refractivity contribution in [2.45, 2.75) is 104 Å². The molecule has 3 N–H and O–H groups in total. The molecule has 1 aliphatic heterocycles. The Morgan fingerprint density at radius 2 is 1.41 bits per heavy atom.